The van der Waals surface area contributed by atoms with Crippen molar-refractivity contribution in [2.75, 3.05) is 13.7 Å². The summed E-state index contributed by atoms with van der Waals surface area (Å²) in [5, 5.41) is 2.71. The topological polar surface area (TPSA) is 64.6 Å². The van der Waals surface area contributed by atoms with Crippen molar-refractivity contribution in [3.63, 3.8) is 0 Å². The van der Waals surface area contributed by atoms with Crippen LogP contribution in [0.15, 0.2) is 24.3 Å². The summed E-state index contributed by atoms with van der Waals surface area (Å²) in [7, 11) is 1.55. The summed E-state index contributed by atoms with van der Waals surface area (Å²) in [5.74, 6) is -0.205. The lowest BCUT2D eigenvalue weighted by atomic mass is 10.1. The van der Waals surface area contributed by atoms with Crippen molar-refractivity contribution in [3.05, 3.63) is 29.8 Å². The van der Waals surface area contributed by atoms with E-state index in [-0.39, 0.29) is 18.1 Å². The van der Waals surface area contributed by atoms with Crippen molar-refractivity contribution in [2.45, 2.75) is 26.3 Å². The number of hydrogen-bond donors (Lipinski definition) is 1. The predicted molar refractivity (Wildman–Crippen MR) is 71.2 cm³/mol. The molecule has 0 aliphatic heterocycles. The molecule has 5 heteroatoms. The van der Waals surface area contributed by atoms with Gasteiger partial charge in [0.05, 0.1) is 12.7 Å². The van der Waals surface area contributed by atoms with Crippen LogP contribution in [0.4, 0.5) is 0 Å². The number of hydrogen-bond acceptors (Lipinski definition) is 4. The molecule has 1 amide bonds. The average Bonchev–Trinajstić information content (AvgIpc) is 2.34. The Labute approximate surface area is 112 Å². The summed E-state index contributed by atoms with van der Waals surface area (Å²) < 4.78 is 9.90. The van der Waals surface area contributed by atoms with E-state index in [9.17, 15) is 9.59 Å². The maximum atomic E-state index is 11.7. The molecule has 0 saturated carbocycles. The molecule has 5 nitrogen and oxygen atoms in total. The minimum atomic E-state index is -0.535. The first-order chi connectivity index (χ1) is 8.81. The molecule has 1 rings (SSSR count). The van der Waals surface area contributed by atoms with E-state index in [0.29, 0.717) is 11.3 Å². The van der Waals surface area contributed by atoms with E-state index in [4.69, 9.17) is 9.47 Å². The summed E-state index contributed by atoms with van der Waals surface area (Å²) in [4.78, 5) is 23.2. The van der Waals surface area contributed by atoms with Crippen LogP contribution in [0.1, 0.15) is 31.1 Å². The SMILES string of the molecule is COc1ccc(C(=O)OCC(=O)NC(C)(C)C)cc1. The van der Waals surface area contributed by atoms with Gasteiger partial charge in [-0.3, -0.25) is 4.79 Å². The number of amides is 1. The number of methoxy groups -OCH3 is 1. The summed E-state index contributed by atoms with van der Waals surface area (Å²) >= 11 is 0. The van der Waals surface area contributed by atoms with E-state index in [1.165, 1.54) is 0 Å². The molecule has 0 atom stereocenters. The van der Waals surface area contributed by atoms with Crippen LogP contribution in [0.3, 0.4) is 0 Å². The lowest BCUT2D eigenvalue weighted by Crippen LogP contribution is -2.42. The standard InChI is InChI=1S/C14H19NO4/c1-14(2,3)15-12(16)9-19-13(17)10-5-7-11(18-4)8-6-10/h5-8H,9H2,1-4H3,(H,15,16). The Bertz CT molecular complexity index is 446. The Balaban J connectivity index is 2.49. The smallest absolute Gasteiger partial charge is 0.338 e. The first-order valence-electron chi connectivity index (χ1n) is 5.94. The molecular formula is C14H19NO4. The number of esters is 1. The van der Waals surface area contributed by atoms with E-state index in [1.54, 1.807) is 31.4 Å². The molecule has 0 radical (unpaired) electrons. The van der Waals surface area contributed by atoms with Crippen LogP contribution in [0.2, 0.25) is 0 Å². The monoisotopic (exact) mass is 265 g/mol. The molecule has 0 unspecified atom stereocenters. The third-order valence-corrected chi connectivity index (χ3v) is 2.17. The maximum Gasteiger partial charge on any atom is 0.338 e. The Hall–Kier alpha value is -2.04. The largest absolute Gasteiger partial charge is 0.497 e. The molecule has 1 aromatic carbocycles. The highest BCUT2D eigenvalue weighted by Crippen LogP contribution is 2.12. The fourth-order valence-electron chi connectivity index (χ4n) is 1.40. The van der Waals surface area contributed by atoms with Crippen LogP contribution in [-0.2, 0) is 9.53 Å². The van der Waals surface area contributed by atoms with Crippen molar-refractivity contribution in [1.82, 2.24) is 5.32 Å². The van der Waals surface area contributed by atoms with Gasteiger partial charge in [-0.1, -0.05) is 0 Å². The Morgan fingerprint density at radius 3 is 2.21 bits per heavy atom. The summed E-state index contributed by atoms with van der Waals surface area (Å²) in [6.45, 7) is 5.28. The Morgan fingerprint density at radius 1 is 1.16 bits per heavy atom. The Kier molecular flexibility index (Phi) is 4.92. The minimum absolute atomic E-state index is 0.290. The molecule has 19 heavy (non-hydrogen) atoms. The zero-order valence-corrected chi connectivity index (χ0v) is 11.6. The molecule has 0 heterocycles. The first kappa shape index (κ1) is 15.0. The van der Waals surface area contributed by atoms with Gasteiger partial charge in [-0.2, -0.15) is 0 Å². The molecule has 0 aliphatic rings. The fraction of sp³-hybridized carbons (Fsp3) is 0.429. The molecular weight excluding hydrogens is 246 g/mol. The summed E-state index contributed by atoms with van der Waals surface area (Å²) in [6.07, 6.45) is 0. The third-order valence-electron chi connectivity index (χ3n) is 2.17. The van der Waals surface area contributed by atoms with Crippen LogP contribution in [0.5, 0.6) is 5.75 Å². The van der Waals surface area contributed by atoms with Crippen molar-refractivity contribution in [3.8, 4) is 5.75 Å². The summed E-state index contributed by atoms with van der Waals surface area (Å²) in [5.41, 5.74) is 0.0354. The zero-order chi connectivity index (χ0) is 14.5. The molecule has 0 aliphatic carbocycles. The molecule has 1 aromatic rings. The lowest BCUT2D eigenvalue weighted by molar-refractivity contribution is -0.125. The van der Waals surface area contributed by atoms with Crippen LogP contribution >= 0.6 is 0 Å². The van der Waals surface area contributed by atoms with Gasteiger partial charge in [0.1, 0.15) is 5.75 Å². The zero-order valence-electron chi connectivity index (χ0n) is 11.6. The quantitative estimate of drug-likeness (QED) is 0.843. The van der Waals surface area contributed by atoms with Gasteiger partial charge in [-0.15, -0.1) is 0 Å². The second-order valence-electron chi connectivity index (χ2n) is 5.10. The number of benzene rings is 1. The van der Waals surface area contributed by atoms with Gasteiger partial charge < -0.3 is 14.8 Å². The summed E-state index contributed by atoms with van der Waals surface area (Å²) in [6, 6.07) is 6.49. The van der Waals surface area contributed by atoms with Gasteiger partial charge in [0.15, 0.2) is 6.61 Å². The lowest BCUT2D eigenvalue weighted by Gasteiger charge is -2.20. The van der Waals surface area contributed by atoms with Gasteiger partial charge in [0.25, 0.3) is 5.91 Å². The number of nitrogens with one attached hydrogen (secondary N) is 1. The average molecular weight is 265 g/mol. The maximum absolute atomic E-state index is 11.7. The molecule has 0 bridgehead atoms. The predicted octanol–water partition coefficient (Wildman–Crippen LogP) is 1.77. The highest BCUT2D eigenvalue weighted by molar-refractivity contribution is 5.91. The van der Waals surface area contributed by atoms with Crippen molar-refractivity contribution >= 4 is 11.9 Å². The molecule has 0 fully saturated rings. The number of carbonyl (C=O) groups excluding carboxylic acids is 2. The van der Waals surface area contributed by atoms with Gasteiger partial charge in [0, 0.05) is 5.54 Å². The van der Waals surface area contributed by atoms with Crippen LogP contribution < -0.4 is 10.1 Å². The van der Waals surface area contributed by atoms with E-state index in [2.05, 4.69) is 5.32 Å². The Morgan fingerprint density at radius 2 is 1.74 bits per heavy atom. The van der Waals surface area contributed by atoms with E-state index >= 15 is 0 Å². The van der Waals surface area contributed by atoms with Crippen LogP contribution in [-0.4, -0.2) is 31.1 Å². The minimum Gasteiger partial charge on any atom is -0.497 e. The fourth-order valence-corrected chi connectivity index (χ4v) is 1.40. The number of carbonyl (C=O) groups is 2. The molecule has 104 valence electrons. The second kappa shape index (κ2) is 6.22. The van der Waals surface area contributed by atoms with Crippen LogP contribution in [0.25, 0.3) is 0 Å². The van der Waals surface area contributed by atoms with Gasteiger partial charge in [-0.05, 0) is 45.0 Å². The highest BCUT2D eigenvalue weighted by atomic mass is 16.5. The van der Waals surface area contributed by atoms with Crippen molar-refractivity contribution in [2.24, 2.45) is 0 Å². The van der Waals surface area contributed by atoms with E-state index in [1.807, 2.05) is 20.8 Å². The number of rotatable bonds is 4. The molecule has 0 saturated heterocycles. The molecule has 0 spiro atoms. The normalized spacial score (nSPS) is 10.7. The van der Waals surface area contributed by atoms with Gasteiger partial charge >= 0.3 is 5.97 Å². The van der Waals surface area contributed by atoms with Gasteiger partial charge in [-0.25, -0.2) is 4.79 Å². The highest BCUT2D eigenvalue weighted by Gasteiger charge is 2.15. The third kappa shape index (κ3) is 5.42. The van der Waals surface area contributed by atoms with Crippen LogP contribution in [0, 0.1) is 0 Å². The van der Waals surface area contributed by atoms with Crippen molar-refractivity contribution in [1.29, 1.82) is 0 Å². The van der Waals surface area contributed by atoms with E-state index in [0.717, 1.165) is 0 Å². The second-order valence-corrected chi connectivity index (χ2v) is 5.10. The molecule has 1 N–H and O–H groups in total. The molecule has 0 aromatic heterocycles. The first-order valence-corrected chi connectivity index (χ1v) is 5.94. The van der Waals surface area contributed by atoms with Gasteiger partial charge in [0.2, 0.25) is 0 Å². The number of ether oxygens (including phenoxy) is 2. The van der Waals surface area contributed by atoms with E-state index < -0.39 is 5.97 Å². The van der Waals surface area contributed by atoms with Crippen molar-refractivity contribution < 1.29 is 19.1 Å².